The number of hydrogen-bond acceptors (Lipinski definition) is 6. The van der Waals surface area contributed by atoms with E-state index in [4.69, 9.17) is 0 Å². The first-order valence-electron chi connectivity index (χ1n) is 8.11. The van der Waals surface area contributed by atoms with Gasteiger partial charge in [-0.3, -0.25) is 19.3 Å². The number of aliphatic imine (C=N–C) groups is 1. The highest BCUT2D eigenvalue weighted by atomic mass is 32.2. The van der Waals surface area contributed by atoms with Crippen LogP contribution < -0.4 is 0 Å². The molecule has 0 aliphatic heterocycles. The highest BCUT2D eigenvalue weighted by Crippen LogP contribution is 2.16. The number of nitrogens with zero attached hydrogens (tertiary/aromatic N) is 2. The quantitative estimate of drug-likeness (QED) is 0.275. The van der Waals surface area contributed by atoms with Gasteiger partial charge in [0.15, 0.2) is 0 Å². The second kappa shape index (κ2) is 10.1. The summed E-state index contributed by atoms with van der Waals surface area (Å²) in [5, 5.41) is 10.3. The number of para-hydroxylation sites is 1. The van der Waals surface area contributed by atoms with Crippen LogP contribution in [0.15, 0.2) is 94.8 Å². The summed E-state index contributed by atoms with van der Waals surface area (Å²) in [6.45, 7) is 0. The number of rotatable bonds is 5. The molecule has 144 valence electrons. The zero-order valence-electron chi connectivity index (χ0n) is 15.0. The standard InChI is InChI=1S/C13H11N.C7H7NO5S/c1-3-7-12(8-4-1)11-14-13-9-5-2-6-10-13;1-13-14(11,12)7-4-2-6(3-5-7)8(9)10/h1-11H;2-5H,1H3. The molecule has 3 rings (SSSR count). The fourth-order valence-electron chi connectivity index (χ4n) is 2.03. The molecule has 0 N–H and O–H groups in total. The number of non-ortho nitro benzene ring substituents is 1. The van der Waals surface area contributed by atoms with Gasteiger partial charge < -0.3 is 0 Å². The van der Waals surface area contributed by atoms with E-state index in [1.54, 1.807) is 0 Å². The van der Waals surface area contributed by atoms with Crippen molar-refractivity contribution in [2.24, 2.45) is 4.99 Å². The largest absolute Gasteiger partial charge is 0.296 e. The molecule has 8 heteroatoms. The lowest BCUT2D eigenvalue weighted by atomic mass is 10.2. The lowest BCUT2D eigenvalue weighted by Crippen LogP contribution is -2.02. The van der Waals surface area contributed by atoms with Crippen molar-refractivity contribution in [1.29, 1.82) is 0 Å². The van der Waals surface area contributed by atoms with Crippen molar-refractivity contribution >= 4 is 27.7 Å². The number of benzene rings is 3. The second-order valence-corrected chi connectivity index (χ2v) is 7.09. The molecule has 0 amide bonds. The molecular formula is C20H18N2O5S. The van der Waals surface area contributed by atoms with E-state index in [2.05, 4.69) is 9.18 Å². The van der Waals surface area contributed by atoms with Gasteiger partial charge in [0.05, 0.1) is 22.6 Å². The molecule has 0 saturated carbocycles. The van der Waals surface area contributed by atoms with Gasteiger partial charge in [-0.1, -0.05) is 48.5 Å². The summed E-state index contributed by atoms with van der Waals surface area (Å²) in [4.78, 5) is 13.9. The molecule has 7 nitrogen and oxygen atoms in total. The van der Waals surface area contributed by atoms with E-state index in [0.717, 1.165) is 42.6 Å². The van der Waals surface area contributed by atoms with Crippen molar-refractivity contribution in [3.63, 3.8) is 0 Å². The summed E-state index contributed by atoms with van der Waals surface area (Å²) in [6.07, 6.45) is 1.87. The zero-order chi connectivity index (χ0) is 20.4. The molecule has 0 aliphatic carbocycles. The molecule has 0 radical (unpaired) electrons. The molecule has 0 saturated heterocycles. The fourth-order valence-corrected chi connectivity index (χ4v) is 2.69. The summed E-state index contributed by atoms with van der Waals surface area (Å²) in [7, 11) is -2.74. The number of nitro groups is 1. The van der Waals surface area contributed by atoms with Crippen molar-refractivity contribution in [3.05, 3.63) is 101 Å². The molecule has 0 fully saturated rings. The molecule has 3 aromatic rings. The first kappa shape index (κ1) is 20.9. The lowest BCUT2D eigenvalue weighted by molar-refractivity contribution is -0.384. The Labute approximate surface area is 163 Å². The van der Waals surface area contributed by atoms with Crippen LogP contribution in [0.3, 0.4) is 0 Å². The van der Waals surface area contributed by atoms with Crippen molar-refractivity contribution in [1.82, 2.24) is 0 Å². The lowest BCUT2D eigenvalue weighted by Gasteiger charge is -1.99. The van der Waals surface area contributed by atoms with Gasteiger partial charge in [0.1, 0.15) is 0 Å². The van der Waals surface area contributed by atoms with Crippen molar-refractivity contribution in [3.8, 4) is 0 Å². The molecular weight excluding hydrogens is 380 g/mol. The molecule has 0 atom stereocenters. The van der Waals surface area contributed by atoms with Crippen molar-refractivity contribution in [2.45, 2.75) is 4.90 Å². The maximum absolute atomic E-state index is 11.1. The van der Waals surface area contributed by atoms with E-state index in [9.17, 15) is 18.5 Å². The van der Waals surface area contributed by atoms with Gasteiger partial charge in [-0.2, -0.15) is 8.42 Å². The van der Waals surface area contributed by atoms with Crippen LogP contribution >= 0.6 is 0 Å². The van der Waals surface area contributed by atoms with E-state index < -0.39 is 15.0 Å². The zero-order valence-corrected chi connectivity index (χ0v) is 15.8. The third-order valence-electron chi connectivity index (χ3n) is 3.47. The fraction of sp³-hybridized carbons (Fsp3) is 0.0500. The Morgan fingerprint density at radius 3 is 1.93 bits per heavy atom. The average molecular weight is 398 g/mol. The molecule has 0 unspecified atom stereocenters. The van der Waals surface area contributed by atoms with E-state index >= 15 is 0 Å². The third kappa shape index (κ3) is 6.42. The SMILES string of the molecule is C(=Nc1ccccc1)c1ccccc1.COS(=O)(=O)c1ccc([N+](=O)[O-])cc1. The molecule has 3 aromatic carbocycles. The predicted octanol–water partition coefficient (Wildman–Crippen LogP) is 4.37. The number of nitro benzene ring substituents is 1. The molecule has 0 aromatic heterocycles. The topological polar surface area (TPSA) is 98.9 Å². The van der Waals surface area contributed by atoms with E-state index in [1.807, 2.05) is 66.9 Å². The summed E-state index contributed by atoms with van der Waals surface area (Å²) < 4.78 is 26.4. The van der Waals surface area contributed by atoms with Gasteiger partial charge in [-0.15, -0.1) is 0 Å². The molecule has 0 spiro atoms. The summed E-state index contributed by atoms with van der Waals surface area (Å²) in [5.41, 5.74) is 1.94. The summed E-state index contributed by atoms with van der Waals surface area (Å²) in [6, 6.07) is 24.5. The van der Waals surface area contributed by atoms with Crippen LogP contribution in [0.1, 0.15) is 5.56 Å². The van der Waals surface area contributed by atoms with Crippen LogP contribution in [0, 0.1) is 10.1 Å². The first-order valence-corrected chi connectivity index (χ1v) is 9.52. The van der Waals surface area contributed by atoms with Gasteiger partial charge >= 0.3 is 0 Å². The highest BCUT2D eigenvalue weighted by molar-refractivity contribution is 7.86. The van der Waals surface area contributed by atoms with E-state index in [1.165, 1.54) is 0 Å². The van der Waals surface area contributed by atoms with Gasteiger partial charge in [-0.05, 0) is 29.8 Å². The number of hydrogen-bond donors (Lipinski definition) is 0. The van der Waals surface area contributed by atoms with Gasteiger partial charge in [0.25, 0.3) is 15.8 Å². The van der Waals surface area contributed by atoms with Crippen LogP contribution in [0.4, 0.5) is 11.4 Å². The van der Waals surface area contributed by atoms with Crippen molar-refractivity contribution < 1.29 is 17.5 Å². The first-order chi connectivity index (χ1) is 13.4. The Morgan fingerprint density at radius 1 is 0.893 bits per heavy atom. The van der Waals surface area contributed by atoms with Crippen molar-refractivity contribution in [2.75, 3.05) is 7.11 Å². The smallest absolute Gasteiger partial charge is 0.270 e. The Kier molecular flexibility index (Phi) is 7.55. The predicted molar refractivity (Wildman–Crippen MR) is 107 cm³/mol. The van der Waals surface area contributed by atoms with E-state index in [-0.39, 0.29) is 10.6 Å². The van der Waals surface area contributed by atoms with Gasteiger partial charge in [0.2, 0.25) is 0 Å². The van der Waals surface area contributed by atoms with Gasteiger partial charge in [0, 0.05) is 18.3 Å². The average Bonchev–Trinajstić information content (AvgIpc) is 2.74. The van der Waals surface area contributed by atoms with Crippen LogP contribution in [-0.4, -0.2) is 26.7 Å². The Morgan fingerprint density at radius 2 is 1.43 bits per heavy atom. The van der Waals surface area contributed by atoms with Crippen LogP contribution in [-0.2, 0) is 14.3 Å². The maximum Gasteiger partial charge on any atom is 0.296 e. The minimum atomic E-state index is -3.76. The van der Waals surface area contributed by atoms with Crippen LogP contribution in [0.25, 0.3) is 0 Å². The van der Waals surface area contributed by atoms with Crippen LogP contribution in [0.5, 0.6) is 0 Å². The summed E-state index contributed by atoms with van der Waals surface area (Å²) >= 11 is 0. The molecule has 0 heterocycles. The van der Waals surface area contributed by atoms with E-state index in [0.29, 0.717) is 0 Å². The molecule has 0 aliphatic rings. The Hall–Kier alpha value is -3.36. The normalized spacial score (nSPS) is 10.9. The highest BCUT2D eigenvalue weighted by Gasteiger charge is 2.14. The minimum absolute atomic E-state index is 0.106. The van der Waals surface area contributed by atoms with Gasteiger partial charge in [-0.25, -0.2) is 0 Å². The maximum atomic E-state index is 11.1. The minimum Gasteiger partial charge on any atom is -0.270 e. The second-order valence-electron chi connectivity index (χ2n) is 5.38. The molecule has 0 bridgehead atoms. The monoisotopic (exact) mass is 398 g/mol. The Bertz CT molecular complexity index is 978. The Balaban J connectivity index is 0.000000200. The summed E-state index contributed by atoms with van der Waals surface area (Å²) in [5.74, 6) is 0. The van der Waals surface area contributed by atoms with Crippen LogP contribution in [0.2, 0.25) is 0 Å². The molecule has 28 heavy (non-hydrogen) atoms. The third-order valence-corrected chi connectivity index (χ3v) is 4.76.